The number of ether oxygens (including phenoxy) is 2. The smallest absolute Gasteiger partial charge is 0.416 e. The molecule has 0 aromatic heterocycles. The largest absolute Gasteiger partial charge is 0.497 e. The summed E-state index contributed by atoms with van der Waals surface area (Å²) < 4.78 is 50.3. The minimum absolute atomic E-state index is 0.0252. The number of hydrogen-bond acceptors (Lipinski definition) is 4. The minimum Gasteiger partial charge on any atom is -0.497 e. The van der Waals surface area contributed by atoms with Gasteiger partial charge in [-0.05, 0) is 67.6 Å². The molecule has 0 unspecified atom stereocenters. The van der Waals surface area contributed by atoms with Crippen LogP contribution in [0.2, 0.25) is 0 Å². The molecule has 2 aromatic carbocycles. The van der Waals surface area contributed by atoms with Gasteiger partial charge in [0.05, 0.1) is 19.8 Å². The van der Waals surface area contributed by atoms with E-state index in [4.69, 9.17) is 9.47 Å². The Morgan fingerprint density at radius 3 is 2.48 bits per heavy atom. The third-order valence-electron chi connectivity index (χ3n) is 7.02. The maximum atomic E-state index is 13.2. The SMILES string of the molecule is COc1ccc(OC)c(CN2CCC3(CC2)C[C@H]3C(=O)NCc2ccccc2C(F)(F)F)c1. The van der Waals surface area contributed by atoms with Gasteiger partial charge in [0.2, 0.25) is 5.91 Å². The van der Waals surface area contributed by atoms with Gasteiger partial charge in [0.1, 0.15) is 11.5 Å². The van der Waals surface area contributed by atoms with Gasteiger partial charge >= 0.3 is 6.18 Å². The van der Waals surface area contributed by atoms with Crippen LogP contribution < -0.4 is 14.8 Å². The van der Waals surface area contributed by atoms with Crippen molar-refractivity contribution in [3.8, 4) is 11.5 Å². The average molecular weight is 463 g/mol. The first kappa shape index (κ1) is 23.4. The van der Waals surface area contributed by atoms with Crippen molar-refractivity contribution in [2.45, 2.75) is 38.5 Å². The lowest BCUT2D eigenvalue weighted by Crippen LogP contribution is -2.36. The summed E-state index contributed by atoms with van der Waals surface area (Å²) in [6, 6.07) is 11.1. The van der Waals surface area contributed by atoms with Crippen molar-refractivity contribution >= 4 is 5.91 Å². The third-order valence-corrected chi connectivity index (χ3v) is 7.02. The summed E-state index contributed by atoms with van der Waals surface area (Å²) >= 11 is 0. The van der Waals surface area contributed by atoms with Crippen LogP contribution in [0.1, 0.15) is 36.0 Å². The summed E-state index contributed by atoms with van der Waals surface area (Å²) in [6.07, 6.45) is -1.83. The Labute approximate surface area is 191 Å². The van der Waals surface area contributed by atoms with Gasteiger partial charge in [-0.3, -0.25) is 9.69 Å². The van der Waals surface area contributed by atoms with Crippen molar-refractivity contribution < 1.29 is 27.4 Å². The summed E-state index contributed by atoms with van der Waals surface area (Å²) in [7, 11) is 3.28. The van der Waals surface area contributed by atoms with Crippen molar-refractivity contribution in [2.24, 2.45) is 11.3 Å². The van der Waals surface area contributed by atoms with Crippen molar-refractivity contribution in [3.63, 3.8) is 0 Å². The lowest BCUT2D eigenvalue weighted by atomic mass is 9.90. The molecule has 1 saturated carbocycles. The Morgan fingerprint density at radius 2 is 1.82 bits per heavy atom. The number of likely N-dealkylation sites (tertiary alicyclic amines) is 1. The molecular formula is C25H29F3N2O3. The number of methoxy groups -OCH3 is 2. The van der Waals surface area contributed by atoms with Gasteiger partial charge in [-0.15, -0.1) is 0 Å². The van der Waals surface area contributed by atoms with E-state index in [0.29, 0.717) is 0 Å². The third kappa shape index (κ3) is 5.11. The maximum absolute atomic E-state index is 13.2. The molecule has 1 aliphatic carbocycles. The topological polar surface area (TPSA) is 50.8 Å². The van der Waals surface area contributed by atoms with Gasteiger partial charge in [-0.1, -0.05) is 18.2 Å². The second kappa shape index (κ2) is 9.25. The van der Waals surface area contributed by atoms with E-state index in [2.05, 4.69) is 10.2 Å². The van der Waals surface area contributed by atoms with E-state index in [1.807, 2.05) is 18.2 Å². The van der Waals surface area contributed by atoms with Gasteiger partial charge < -0.3 is 14.8 Å². The zero-order chi connectivity index (χ0) is 23.6. The van der Waals surface area contributed by atoms with E-state index in [1.165, 1.54) is 12.1 Å². The number of carbonyl (C=O) groups is 1. The van der Waals surface area contributed by atoms with Crippen LogP contribution in [0, 0.1) is 11.3 Å². The van der Waals surface area contributed by atoms with Crippen LogP contribution >= 0.6 is 0 Å². The molecule has 1 aliphatic heterocycles. The fourth-order valence-corrected chi connectivity index (χ4v) is 4.93. The number of halogens is 3. The Hall–Kier alpha value is -2.74. The molecular weight excluding hydrogens is 433 g/mol. The molecule has 2 fully saturated rings. The standard InChI is InChI=1S/C25H29F3N2O3/c1-32-19-7-8-22(33-2)18(13-19)16-30-11-9-24(10-12-30)14-21(24)23(31)29-15-17-5-3-4-6-20(17)25(26,27)28/h3-8,13,21H,9-12,14-16H2,1-2H3,(H,29,31)/t21-/m0/s1. The van der Waals surface area contributed by atoms with Gasteiger partial charge in [-0.25, -0.2) is 0 Å². The predicted molar refractivity (Wildman–Crippen MR) is 118 cm³/mol. The number of hydrogen-bond donors (Lipinski definition) is 1. The van der Waals surface area contributed by atoms with E-state index in [-0.39, 0.29) is 29.3 Å². The zero-order valence-corrected chi connectivity index (χ0v) is 18.9. The van der Waals surface area contributed by atoms with E-state index >= 15 is 0 Å². The Morgan fingerprint density at radius 1 is 1.09 bits per heavy atom. The van der Waals surface area contributed by atoms with E-state index in [0.717, 1.165) is 62.0 Å². The number of rotatable bonds is 7. The Bertz CT molecular complexity index is 1000. The van der Waals surface area contributed by atoms with Crippen molar-refractivity contribution in [1.82, 2.24) is 10.2 Å². The first-order valence-electron chi connectivity index (χ1n) is 11.1. The molecule has 33 heavy (non-hydrogen) atoms. The highest BCUT2D eigenvalue weighted by molar-refractivity contribution is 5.82. The fraction of sp³-hybridized carbons (Fsp3) is 0.480. The number of nitrogens with one attached hydrogen (secondary N) is 1. The number of nitrogens with zero attached hydrogens (tertiary/aromatic N) is 1. The number of amides is 1. The monoisotopic (exact) mass is 462 g/mol. The average Bonchev–Trinajstić information content (AvgIpc) is 3.52. The molecule has 4 rings (SSSR count). The van der Waals surface area contributed by atoms with E-state index in [9.17, 15) is 18.0 Å². The van der Waals surface area contributed by atoms with Gasteiger partial charge in [0.15, 0.2) is 0 Å². The Kier molecular flexibility index (Phi) is 6.56. The summed E-state index contributed by atoms with van der Waals surface area (Å²) in [5, 5.41) is 2.74. The number of carbonyl (C=O) groups excluding carboxylic acids is 1. The molecule has 178 valence electrons. The van der Waals surface area contributed by atoms with Crippen LogP contribution in [0.5, 0.6) is 11.5 Å². The summed E-state index contributed by atoms with van der Waals surface area (Å²) in [6.45, 7) is 2.35. The van der Waals surface area contributed by atoms with Gasteiger partial charge in [0, 0.05) is 24.6 Å². The highest BCUT2D eigenvalue weighted by Crippen LogP contribution is 2.59. The van der Waals surface area contributed by atoms with Crippen molar-refractivity contribution in [2.75, 3.05) is 27.3 Å². The number of alkyl halides is 3. The lowest BCUT2D eigenvalue weighted by molar-refractivity contribution is -0.138. The summed E-state index contributed by atoms with van der Waals surface area (Å²) in [5.74, 6) is 1.34. The molecule has 1 spiro atoms. The molecule has 5 nitrogen and oxygen atoms in total. The molecule has 1 atom stereocenters. The van der Waals surface area contributed by atoms with Crippen molar-refractivity contribution in [1.29, 1.82) is 0 Å². The predicted octanol–water partition coefficient (Wildman–Crippen LogP) is 4.64. The summed E-state index contributed by atoms with van der Waals surface area (Å²) in [4.78, 5) is 15.0. The minimum atomic E-state index is -4.43. The highest BCUT2D eigenvalue weighted by Gasteiger charge is 2.58. The Balaban J connectivity index is 1.30. The molecule has 1 heterocycles. The maximum Gasteiger partial charge on any atom is 0.416 e. The second-order valence-corrected chi connectivity index (χ2v) is 8.95. The number of benzene rings is 2. The molecule has 0 radical (unpaired) electrons. The first-order chi connectivity index (χ1) is 15.8. The first-order valence-corrected chi connectivity index (χ1v) is 11.1. The molecule has 1 amide bonds. The molecule has 2 aliphatic rings. The highest BCUT2D eigenvalue weighted by atomic mass is 19.4. The van der Waals surface area contributed by atoms with E-state index in [1.54, 1.807) is 20.3 Å². The van der Waals surface area contributed by atoms with Crippen LogP contribution in [-0.4, -0.2) is 38.1 Å². The molecule has 8 heteroatoms. The molecule has 1 saturated heterocycles. The van der Waals surface area contributed by atoms with Crippen LogP contribution in [0.25, 0.3) is 0 Å². The van der Waals surface area contributed by atoms with Crippen LogP contribution in [0.3, 0.4) is 0 Å². The fourth-order valence-electron chi connectivity index (χ4n) is 4.93. The molecule has 0 bridgehead atoms. The zero-order valence-electron chi connectivity index (χ0n) is 18.9. The number of piperidine rings is 1. The van der Waals surface area contributed by atoms with Crippen LogP contribution in [0.4, 0.5) is 13.2 Å². The summed E-state index contributed by atoms with van der Waals surface area (Å²) in [5.41, 5.74) is 0.427. The molecule has 2 aromatic rings. The quantitative estimate of drug-likeness (QED) is 0.651. The second-order valence-electron chi connectivity index (χ2n) is 8.95. The van der Waals surface area contributed by atoms with Crippen LogP contribution in [0.15, 0.2) is 42.5 Å². The van der Waals surface area contributed by atoms with Gasteiger partial charge in [0.25, 0.3) is 0 Å². The normalized spacial score (nSPS) is 19.8. The van der Waals surface area contributed by atoms with Gasteiger partial charge in [-0.2, -0.15) is 13.2 Å². The van der Waals surface area contributed by atoms with Crippen molar-refractivity contribution in [3.05, 3.63) is 59.2 Å². The lowest BCUT2D eigenvalue weighted by Gasteiger charge is -2.33. The molecule has 1 N–H and O–H groups in total. The van der Waals surface area contributed by atoms with E-state index < -0.39 is 11.7 Å². The van der Waals surface area contributed by atoms with Crippen LogP contribution in [-0.2, 0) is 24.1 Å².